The van der Waals surface area contributed by atoms with E-state index >= 15 is 0 Å². The van der Waals surface area contributed by atoms with E-state index in [4.69, 9.17) is 4.42 Å². The quantitative estimate of drug-likeness (QED) is 0.753. The number of benzene rings is 2. The summed E-state index contributed by atoms with van der Waals surface area (Å²) in [5, 5.41) is 2.29. The summed E-state index contributed by atoms with van der Waals surface area (Å²) in [7, 11) is 0. The van der Waals surface area contributed by atoms with Gasteiger partial charge in [-0.05, 0) is 36.2 Å². The van der Waals surface area contributed by atoms with Crippen LogP contribution in [0, 0.1) is 0 Å². The van der Waals surface area contributed by atoms with Crippen LogP contribution in [0.25, 0.3) is 11.1 Å². The van der Waals surface area contributed by atoms with Crippen LogP contribution in [0.2, 0.25) is 0 Å². The van der Waals surface area contributed by atoms with Gasteiger partial charge in [-0.25, -0.2) is 4.79 Å². The number of aryl methyl sites for hydroxylation is 1. The molecule has 1 amide bonds. The molecular formula is C17H13F3N2O3. The van der Waals surface area contributed by atoms with Crippen LogP contribution >= 0.6 is 0 Å². The lowest BCUT2D eigenvalue weighted by atomic mass is 10.1. The zero-order valence-electron chi connectivity index (χ0n) is 12.8. The molecule has 0 radical (unpaired) electrons. The van der Waals surface area contributed by atoms with Crippen LogP contribution in [0.1, 0.15) is 17.5 Å². The van der Waals surface area contributed by atoms with E-state index in [1.807, 2.05) is 0 Å². The van der Waals surface area contributed by atoms with Crippen molar-refractivity contribution in [3.8, 4) is 0 Å². The second-order valence-corrected chi connectivity index (χ2v) is 5.44. The number of fused-ring (bicyclic) bond motifs is 1. The first-order valence-corrected chi connectivity index (χ1v) is 7.41. The molecule has 0 aliphatic rings. The maximum Gasteiger partial charge on any atom is 0.418 e. The van der Waals surface area contributed by atoms with Crippen LogP contribution in [0.4, 0.5) is 18.9 Å². The molecule has 2 aromatic carbocycles. The number of halogens is 3. The molecule has 0 saturated carbocycles. The number of amides is 1. The number of oxazole rings is 1. The fraction of sp³-hybridized carbons (Fsp3) is 0.176. The van der Waals surface area contributed by atoms with Gasteiger partial charge in [-0.3, -0.25) is 9.78 Å². The van der Waals surface area contributed by atoms with Crippen LogP contribution in [0.5, 0.6) is 0 Å². The molecule has 0 unspecified atom stereocenters. The minimum atomic E-state index is -4.54. The number of para-hydroxylation sites is 1. The monoisotopic (exact) mass is 350 g/mol. The van der Waals surface area contributed by atoms with Crippen molar-refractivity contribution in [2.24, 2.45) is 0 Å². The van der Waals surface area contributed by atoms with Crippen molar-refractivity contribution in [2.45, 2.75) is 19.0 Å². The SMILES string of the molecule is O=C(CCc1ccc2oc(=O)[nH]c2c1)Nc1ccccc1C(F)(F)F. The van der Waals surface area contributed by atoms with Crippen LogP contribution in [-0.2, 0) is 17.4 Å². The summed E-state index contributed by atoms with van der Waals surface area (Å²) in [4.78, 5) is 25.6. The number of rotatable bonds is 4. The molecule has 3 rings (SSSR count). The van der Waals surface area contributed by atoms with E-state index in [0.717, 1.165) is 11.6 Å². The third kappa shape index (κ3) is 3.90. The maximum absolute atomic E-state index is 12.9. The van der Waals surface area contributed by atoms with Crippen molar-refractivity contribution in [3.63, 3.8) is 0 Å². The molecule has 1 heterocycles. The second kappa shape index (κ2) is 6.46. The van der Waals surface area contributed by atoms with Gasteiger partial charge in [0.25, 0.3) is 0 Å². The summed E-state index contributed by atoms with van der Waals surface area (Å²) >= 11 is 0. The third-order valence-corrected chi connectivity index (χ3v) is 3.63. The molecular weight excluding hydrogens is 337 g/mol. The number of aromatic nitrogens is 1. The molecule has 130 valence electrons. The molecule has 0 atom stereocenters. The fourth-order valence-corrected chi connectivity index (χ4v) is 2.46. The van der Waals surface area contributed by atoms with Crippen LogP contribution in [0.3, 0.4) is 0 Å². The number of alkyl halides is 3. The Morgan fingerprint density at radius 1 is 1.16 bits per heavy atom. The third-order valence-electron chi connectivity index (χ3n) is 3.63. The van der Waals surface area contributed by atoms with Gasteiger partial charge in [0, 0.05) is 6.42 Å². The van der Waals surface area contributed by atoms with Crippen LogP contribution < -0.4 is 11.1 Å². The van der Waals surface area contributed by atoms with Gasteiger partial charge >= 0.3 is 11.9 Å². The Labute approximate surface area is 139 Å². The summed E-state index contributed by atoms with van der Waals surface area (Å²) in [5.74, 6) is -1.11. The lowest BCUT2D eigenvalue weighted by Crippen LogP contribution is -2.16. The predicted molar refractivity (Wildman–Crippen MR) is 85.2 cm³/mol. The van der Waals surface area contributed by atoms with Crippen LogP contribution in [0.15, 0.2) is 51.7 Å². The molecule has 0 aliphatic carbocycles. The number of nitrogens with one attached hydrogen (secondary N) is 2. The molecule has 0 bridgehead atoms. The fourth-order valence-electron chi connectivity index (χ4n) is 2.46. The Morgan fingerprint density at radius 2 is 1.92 bits per heavy atom. The van der Waals surface area contributed by atoms with E-state index in [2.05, 4.69) is 10.3 Å². The molecule has 0 fully saturated rings. The molecule has 0 spiro atoms. The summed E-state index contributed by atoms with van der Waals surface area (Å²) in [5.41, 5.74) is 0.502. The number of H-pyrrole nitrogens is 1. The van der Waals surface area contributed by atoms with E-state index in [0.29, 0.717) is 17.5 Å². The van der Waals surface area contributed by atoms with Gasteiger partial charge in [-0.15, -0.1) is 0 Å². The highest BCUT2D eigenvalue weighted by Gasteiger charge is 2.33. The first kappa shape index (κ1) is 16.8. The number of hydrogen-bond donors (Lipinski definition) is 2. The van der Waals surface area contributed by atoms with E-state index in [9.17, 15) is 22.8 Å². The number of aromatic amines is 1. The van der Waals surface area contributed by atoms with Crippen molar-refractivity contribution < 1.29 is 22.4 Å². The van der Waals surface area contributed by atoms with Gasteiger partial charge in [-0.2, -0.15) is 13.2 Å². The number of carbonyl (C=O) groups excluding carboxylic acids is 1. The first-order chi connectivity index (χ1) is 11.8. The molecule has 0 saturated heterocycles. The highest BCUT2D eigenvalue weighted by Crippen LogP contribution is 2.34. The first-order valence-electron chi connectivity index (χ1n) is 7.41. The van der Waals surface area contributed by atoms with Gasteiger partial charge in [0.1, 0.15) is 0 Å². The minimum Gasteiger partial charge on any atom is -0.408 e. The highest BCUT2D eigenvalue weighted by molar-refractivity contribution is 5.91. The van der Waals surface area contributed by atoms with Crippen LogP contribution in [-0.4, -0.2) is 10.9 Å². The summed E-state index contributed by atoms with van der Waals surface area (Å²) in [6, 6.07) is 9.77. The molecule has 5 nitrogen and oxygen atoms in total. The number of carbonyl (C=O) groups is 1. The smallest absolute Gasteiger partial charge is 0.408 e. The Balaban J connectivity index is 1.67. The lowest BCUT2D eigenvalue weighted by molar-refractivity contribution is -0.137. The summed E-state index contributed by atoms with van der Waals surface area (Å²) in [6.07, 6.45) is -4.23. The van der Waals surface area contributed by atoms with Gasteiger partial charge < -0.3 is 9.73 Å². The Morgan fingerprint density at radius 3 is 2.68 bits per heavy atom. The Kier molecular flexibility index (Phi) is 4.35. The molecule has 1 aromatic heterocycles. The molecule has 25 heavy (non-hydrogen) atoms. The predicted octanol–water partition coefficient (Wildman–Crippen LogP) is 3.71. The zero-order chi connectivity index (χ0) is 18.0. The van der Waals surface area contributed by atoms with Gasteiger partial charge in [-0.1, -0.05) is 18.2 Å². The number of anilines is 1. The summed E-state index contributed by atoms with van der Waals surface area (Å²) in [6.45, 7) is 0. The average molecular weight is 350 g/mol. The lowest BCUT2D eigenvalue weighted by Gasteiger charge is -2.13. The van der Waals surface area contributed by atoms with Gasteiger partial charge in [0.05, 0.1) is 16.8 Å². The highest BCUT2D eigenvalue weighted by atomic mass is 19.4. The molecule has 8 heteroatoms. The van der Waals surface area contributed by atoms with Crippen molar-refractivity contribution >= 4 is 22.7 Å². The van der Waals surface area contributed by atoms with Crippen molar-refractivity contribution in [1.82, 2.24) is 4.98 Å². The largest absolute Gasteiger partial charge is 0.418 e. The normalized spacial score (nSPS) is 11.6. The van der Waals surface area contributed by atoms with E-state index < -0.39 is 23.4 Å². The van der Waals surface area contributed by atoms with Gasteiger partial charge in [0.15, 0.2) is 5.58 Å². The second-order valence-electron chi connectivity index (χ2n) is 5.44. The molecule has 0 aliphatic heterocycles. The Hall–Kier alpha value is -3.03. The van der Waals surface area contributed by atoms with E-state index in [1.165, 1.54) is 18.2 Å². The van der Waals surface area contributed by atoms with Crippen molar-refractivity contribution in [1.29, 1.82) is 0 Å². The molecule has 2 N–H and O–H groups in total. The van der Waals surface area contributed by atoms with E-state index in [1.54, 1.807) is 18.2 Å². The maximum atomic E-state index is 12.9. The molecule has 3 aromatic rings. The van der Waals surface area contributed by atoms with Crippen molar-refractivity contribution in [2.75, 3.05) is 5.32 Å². The number of hydrogen-bond acceptors (Lipinski definition) is 3. The average Bonchev–Trinajstić information content (AvgIpc) is 2.91. The van der Waals surface area contributed by atoms with Crippen molar-refractivity contribution in [3.05, 3.63) is 64.1 Å². The standard InChI is InChI=1S/C17H13F3N2O3/c18-17(19,20)11-3-1-2-4-12(11)21-15(23)8-6-10-5-7-14-13(9-10)22-16(24)25-14/h1-5,7,9H,6,8H2,(H,21,23)(H,22,24). The zero-order valence-corrected chi connectivity index (χ0v) is 12.8. The summed E-state index contributed by atoms with van der Waals surface area (Å²) < 4.78 is 43.6. The Bertz CT molecular complexity index is 973. The van der Waals surface area contributed by atoms with E-state index in [-0.39, 0.29) is 12.1 Å². The topological polar surface area (TPSA) is 75.1 Å². The van der Waals surface area contributed by atoms with Gasteiger partial charge in [0.2, 0.25) is 5.91 Å². The minimum absolute atomic E-state index is 0.000217.